The van der Waals surface area contributed by atoms with Crippen LogP contribution in [0.3, 0.4) is 0 Å². The Bertz CT molecular complexity index is 1120. The zero-order chi connectivity index (χ0) is 21.8. The monoisotopic (exact) mass is 422 g/mol. The molecule has 6 heteroatoms. The van der Waals surface area contributed by atoms with E-state index in [1.165, 1.54) is 28.3 Å². The van der Waals surface area contributed by atoms with Crippen molar-refractivity contribution in [3.8, 4) is 5.75 Å². The summed E-state index contributed by atoms with van der Waals surface area (Å²) in [6, 6.07) is 13.1. The number of benzene rings is 2. The first-order valence-corrected chi connectivity index (χ1v) is 10.6. The summed E-state index contributed by atoms with van der Waals surface area (Å²) in [6.45, 7) is 6.08. The highest BCUT2D eigenvalue weighted by molar-refractivity contribution is 5.94. The lowest BCUT2D eigenvalue weighted by atomic mass is 9.96. The van der Waals surface area contributed by atoms with Gasteiger partial charge in [0.1, 0.15) is 11.6 Å². The largest absolute Gasteiger partial charge is 0.482 e. The molecule has 162 valence electrons. The van der Waals surface area contributed by atoms with Crippen LogP contribution in [0, 0.1) is 12.7 Å². The highest BCUT2D eigenvalue weighted by atomic mass is 19.1. The van der Waals surface area contributed by atoms with Crippen molar-refractivity contribution in [2.75, 3.05) is 26.3 Å². The maximum absolute atomic E-state index is 14.6. The number of aromatic nitrogens is 1. The van der Waals surface area contributed by atoms with Crippen molar-refractivity contribution in [2.24, 2.45) is 0 Å². The fourth-order valence-corrected chi connectivity index (χ4v) is 4.10. The van der Waals surface area contributed by atoms with Gasteiger partial charge in [-0.2, -0.15) is 0 Å². The number of aromatic amines is 1. The van der Waals surface area contributed by atoms with E-state index < -0.39 is 5.97 Å². The van der Waals surface area contributed by atoms with Crippen molar-refractivity contribution >= 4 is 22.4 Å². The Kier molecular flexibility index (Phi) is 6.37. The average molecular weight is 423 g/mol. The number of halogens is 1. The SMILES string of the molecule is CCOC(=O)COc1ccc(CN2CC=C(c3c(C)[nH]c4ccccc34)CC2)c(F)c1. The van der Waals surface area contributed by atoms with Crippen LogP contribution < -0.4 is 4.74 Å². The number of nitrogens with zero attached hydrogens (tertiary/aromatic N) is 1. The maximum Gasteiger partial charge on any atom is 0.344 e. The zero-order valence-electron chi connectivity index (χ0n) is 17.9. The van der Waals surface area contributed by atoms with Crippen LogP contribution in [0.1, 0.15) is 30.2 Å². The number of carbonyl (C=O) groups excluding carboxylic acids is 1. The van der Waals surface area contributed by atoms with E-state index in [1.54, 1.807) is 19.1 Å². The molecule has 2 heterocycles. The van der Waals surface area contributed by atoms with E-state index in [-0.39, 0.29) is 12.4 Å². The third-order valence-corrected chi connectivity index (χ3v) is 5.59. The number of nitrogens with one attached hydrogen (secondary N) is 1. The molecule has 4 rings (SSSR count). The molecule has 1 aliphatic rings. The molecule has 0 spiro atoms. The molecule has 1 aliphatic heterocycles. The highest BCUT2D eigenvalue weighted by Gasteiger charge is 2.19. The van der Waals surface area contributed by atoms with Gasteiger partial charge < -0.3 is 14.5 Å². The number of hydrogen-bond donors (Lipinski definition) is 1. The van der Waals surface area contributed by atoms with Gasteiger partial charge in [0, 0.05) is 53.4 Å². The van der Waals surface area contributed by atoms with Gasteiger partial charge in [0.25, 0.3) is 0 Å². The molecule has 0 fully saturated rings. The number of hydrogen-bond acceptors (Lipinski definition) is 4. The first-order chi connectivity index (χ1) is 15.0. The van der Waals surface area contributed by atoms with Gasteiger partial charge in [-0.3, -0.25) is 4.90 Å². The first kappa shape index (κ1) is 21.1. The third kappa shape index (κ3) is 4.80. The molecule has 0 unspecified atom stereocenters. The molecule has 31 heavy (non-hydrogen) atoms. The minimum atomic E-state index is -0.465. The Labute approximate surface area is 181 Å². The van der Waals surface area contributed by atoms with Gasteiger partial charge in [-0.1, -0.05) is 30.3 Å². The number of rotatable bonds is 7. The quantitative estimate of drug-likeness (QED) is 0.553. The maximum atomic E-state index is 14.6. The Hall–Kier alpha value is -3.12. The van der Waals surface area contributed by atoms with E-state index >= 15 is 0 Å². The molecule has 5 nitrogen and oxygen atoms in total. The number of H-pyrrole nitrogens is 1. The van der Waals surface area contributed by atoms with Crippen molar-refractivity contribution in [1.82, 2.24) is 9.88 Å². The fraction of sp³-hybridized carbons (Fsp3) is 0.320. The smallest absolute Gasteiger partial charge is 0.344 e. The van der Waals surface area contributed by atoms with E-state index in [4.69, 9.17) is 9.47 Å². The van der Waals surface area contributed by atoms with Crippen molar-refractivity contribution in [3.63, 3.8) is 0 Å². The number of ether oxygens (including phenoxy) is 2. The van der Waals surface area contributed by atoms with Crippen molar-refractivity contribution in [1.29, 1.82) is 0 Å². The second kappa shape index (κ2) is 9.35. The molecule has 0 amide bonds. The van der Waals surface area contributed by atoms with Crippen LogP contribution in [0.25, 0.3) is 16.5 Å². The number of para-hydroxylation sites is 1. The molecule has 2 aromatic carbocycles. The van der Waals surface area contributed by atoms with E-state index in [0.29, 0.717) is 24.5 Å². The minimum absolute atomic E-state index is 0.223. The van der Waals surface area contributed by atoms with E-state index in [9.17, 15) is 9.18 Å². The summed E-state index contributed by atoms with van der Waals surface area (Å²) < 4.78 is 24.7. The summed E-state index contributed by atoms with van der Waals surface area (Å²) in [6.07, 6.45) is 3.17. The Morgan fingerprint density at radius 3 is 2.81 bits per heavy atom. The molecule has 0 aliphatic carbocycles. The Morgan fingerprint density at radius 2 is 2.06 bits per heavy atom. The Balaban J connectivity index is 1.40. The molecule has 1 aromatic heterocycles. The van der Waals surface area contributed by atoms with Crippen LogP contribution >= 0.6 is 0 Å². The highest BCUT2D eigenvalue weighted by Crippen LogP contribution is 2.32. The standard InChI is InChI=1S/C25H27FN2O3/c1-3-30-24(29)16-31-20-9-8-19(22(26)14-20)15-28-12-10-18(11-13-28)25-17(2)27-23-7-5-4-6-21(23)25/h4-10,14,27H,3,11-13,15-16H2,1-2H3. The molecule has 1 N–H and O–H groups in total. The van der Waals surface area contributed by atoms with E-state index in [0.717, 1.165) is 25.0 Å². The predicted molar refractivity (Wildman–Crippen MR) is 119 cm³/mol. The normalized spacial score (nSPS) is 14.5. The summed E-state index contributed by atoms with van der Waals surface area (Å²) in [7, 11) is 0. The van der Waals surface area contributed by atoms with Crippen molar-refractivity contribution < 1.29 is 18.7 Å². The summed E-state index contributed by atoms with van der Waals surface area (Å²) >= 11 is 0. The number of fused-ring (bicyclic) bond motifs is 1. The lowest BCUT2D eigenvalue weighted by Gasteiger charge is -2.27. The summed E-state index contributed by atoms with van der Waals surface area (Å²) in [4.78, 5) is 17.1. The van der Waals surface area contributed by atoms with Gasteiger partial charge in [0.05, 0.1) is 6.61 Å². The van der Waals surface area contributed by atoms with Gasteiger partial charge in [-0.25, -0.2) is 9.18 Å². The summed E-state index contributed by atoms with van der Waals surface area (Å²) in [5.74, 6) is -0.470. The first-order valence-electron chi connectivity index (χ1n) is 10.6. The Morgan fingerprint density at radius 1 is 1.23 bits per heavy atom. The number of esters is 1. The molecule has 3 aromatic rings. The summed E-state index contributed by atoms with van der Waals surface area (Å²) in [5.41, 5.74) is 5.60. The van der Waals surface area contributed by atoms with E-state index in [1.807, 2.05) is 6.07 Å². The second-order valence-electron chi connectivity index (χ2n) is 7.73. The van der Waals surface area contributed by atoms with Gasteiger partial charge in [-0.05, 0) is 38.0 Å². The fourth-order valence-electron chi connectivity index (χ4n) is 4.10. The molecular weight excluding hydrogens is 395 g/mol. The van der Waals surface area contributed by atoms with Gasteiger partial charge in [0.15, 0.2) is 6.61 Å². The van der Waals surface area contributed by atoms with Crippen LogP contribution in [0.15, 0.2) is 48.5 Å². The second-order valence-corrected chi connectivity index (χ2v) is 7.73. The average Bonchev–Trinajstić information content (AvgIpc) is 3.10. The number of aryl methyl sites for hydroxylation is 1. The summed E-state index contributed by atoms with van der Waals surface area (Å²) in [5, 5.41) is 1.25. The third-order valence-electron chi connectivity index (χ3n) is 5.59. The van der Waals surface area contributed by atoms with Crippen LogP contribution in [0.2, 0.25) is 0 Å². The van der Waals surface area contributed by atoms with Gasteiger partial charge >= 0.3 is 5.97 Å². The van der Waals surface area contributed by atoms with E-state index in [2.05, 4.69) is 41.1 Å². The van der Waals surface area contributed by atoms with Crippen LogP contribution in [-0.2, 0) is 16.1 Å². The molecular formula is C25H27FN2O3. The lowest BCUT2D eigenvalue weighted by molar-refractivity contribution is -0.145. The molecule has 0 radical (unpaired) electrons. The minimum Gasteiger partial charge on any atom is -0.482 e. The van der Waals surface area contributed by atoms with Gasteiger partial charge in [-0.15, -0.1) is 0 Å². The van der Waals surface area contributed by atoms with Crippen LogP contribution in [0.5, 0.6) is 5.75 Å². The van der Waals surface area contributed by atoms with Crippen molar-refractivity contribution in [2.45, 2.75) is 26.8 Å². The van der Waals surface area contributed by atoms with Gasteiger partial charge in [0.2, 0.25) is 0 Å². The molecule has 0 saturated carbocycles. The molecule has 0 saturated heterocycles. The number of carbonyl (C=O) groups is 1. The lowest BCUT2D eigenvalue weighted by Crippen LogP contribution is -2.28. The molecule has 0 bridgehead atoms. The van der Waals surface area contributed by atoms with Crippen molar-refractivity contribution in [3.05, 3.63) is 71.2 Å². The topological polar surface area (TPSA) is 54.6 Å². The predicted octanol–water partition coefficient (Wildman–Crippen LogP) is 4.85. The van der Waals surface area contributed by atoms with Crippen LogP contribution in [0.4, 0.5) is 4.39 Å². The zero-order valence-corrected chi connectivity index (χ0v) is 17.9. The molecule has 0 atom stereocenters. The van der Waals surface area contributed by atoms with Crippen LogP contribution in [-0.4, -0.2) is 42.2 Å².